The van der Waals surface area contributed by atoms with Crippen molar-refractivity contribution in [3.8, 4) is 0 Å². The molecule has 0 fully saturated rings. The third-order valence-electron chi connectivity index (χ3n) is 4.47. The van der Waals surface area contributed by atoms with Crippen LogP contribution < -0.4 is 5.32 Å². The Morgan fingerprint density at radius 2 is 2.00 bits per heavy atom. The van der Waals surface area contributed by atoms with E-state index in [1.807, 2.05) is 29.2 Å². The molecular weight excluding hydrogens is 318 g/mol. The van der Waals surface area contributed by atoms with E-state index >= 15 is 0 Å². The molecule has 0 radical (unpaired) electrons. The van der Waals surface area contributed by atoms with Gasteiger partial charge in [-0.25, -0.2) is 0 Å². The van der Waals surface area contributed by atoms with Crippen LogP contribution in [0.25, 0.3) is 0 Å². The van der Waals surface area contributed by atoms with Gasteiger partial charge in [0.05, 0.1) is 0 Å². The van der Waals surface area contributed by atoms with E-state index in [9.17, 15) is 0 Å². The van der Waals surface area contributed by atoms with Crippen molar-refractivity contribution >= 4 is 34.7 Å². The number of nitrogens with one attached hydrogen (secondary N) is 1. The summed E-state index contributed by atoms with van der Waals surface area (Å²) >= 11 is 10.1. The summed E-state index contributed by atoms with van der Waals surface area (Å²) in [6.45, 7) is 0. The fourth-order valence-corrected chi connectivity index (χ4v) is 5.71. The molecule has 0 saturated heterocycles. The monoisotopic (exact) mass is 335 g/mol. The molecule has 0 saturated carbocycles. The van der Waals surface area contributed by atoms with Crippen LogP contribution in [0.2, 0.25) is 5.02 Å². The molecule has 4 heteroatoms. The van der Waals surface area contributed by atoms with Crippen LogP contribution in [0, 0.1) is 0 Å². The maximum atomic E-state index is 6.21. The van der Waals surface area contributed by atoms with Gasteiger partial charge in [-0.3, -0.25) is 0 Å². The topological polar surface area (TPSA) is 12.0 Å². The Morgan fingerprint density at radius 1 is 1.10 bits per heavy atom. The number of hydrogen-bond donors (Lipinski definition) is 1. The molecular formula is C17H18ClNS2. The van der Waals surface area contributed by atoms with Gasteiger partial charge in [0, 0.05) is 26.9 Å². The van der Waals surface area contributed by atoms with E-state index in [0.717, 1.165) is 5.02 Å². The molecule has 2 unspecified atom stereocenters. The van der Waals surface area contributed by atoms with Gasteiger partial charge < -0.3 is 5.32 Å². The fraction of sp³-hybridized carbons (Fsp3) is 0.412. The molecule has 0 amide bonds. The van der Waals surface area contributed by atoms with Crippen LogP contribution in [0.3, 0.4) is 0 Å². The van der Waals surface area contributed by atoms with E-state index in [0.29, 0.717) is 12.1 Å². The Morgan fingerprint density at radius 3 is 2.95 bits per heavy atom. The minimum Gasteiger partial charge on any atom is -0.303 e. The molecule has 0 bridgehead atoms. The number of hydrogen-bond acceptors (Lipinski definition) is 3. The third-order valence-corrected chi connectivity index (χ3v) is 6.82. The van der Waals surface area contributed by atoms with E-state index in [1.165, 1.54) is 47.5 Å². The quantitative estimate of drug-likeness (QED) is 0.766. The molecule has 2 heterocycles. The summed E-state index contributed by atoms with van der Waals surface area (Å²) in [7, 11) is 0. The van der Waals surface area contributed by atoms with Crippen molar-refractivity contribution < 1.29 is 0 Å². The third kappa shape index (κ3) is 2.77. The van der Waals surface area contributed by atoms with Crippen molar-refractivity contribution in [3.63, 3.8) is 0 Å². The van der Waals surface area contributed by atoms with E-state index in [1.54, 1.807) is 4.88 Å². The molecule has 1 aliphatic carbocycles. The molecule has 2 aromatic rings. The summed E-state index contributed by atoms with van der Waals surface area (Å²) in [5.74, 6) is 1.19. The van der Waals surface area contributed by atoms with Crippen LogP contribution in [0.4, 0.5) is 0 Å². The van der Waals surface area contributed by atoms with Crippen molar-refractivity contribution in [1.29, 1.82) is 0 Å². The van der Waals surface area contributed by atoms with Crippen molar-refractivity contribution in [2.75, 3.05) is 5.75 Å². The lowest BCUT2D eigenvalue weighted by atomic mass is 9.92. The van der Waals surface area contributed by atoms with Crippen molar-refractivity contribution in [2.45, 2.75) is 42.7 Å². The van der Waals surface area contributed by atoms with Gasteiger partial charge in [0.2, 0.25) is 0 Å². The molecule has 1 aromatic heterocycles. The highest BCUT2D eigenvalue weighted by molar-refractivity contribution is 7.99. The number of fused-ring (bicyclic) bond motifs is 2. The van der Waals surface area contributed by atoms with Crippen molar-refractivity contribution in [2.24, 2.45) is 0 Å². The maximum absolute atomic E-state index is 6.21. The minimum atomic E-state index is 0.441. The smallest absolute Gasteiger partial charge is 0.0410 e. The zero-order valence-corrected chi connectivity index (χ0v) is 14.2. The van der Waals surface area contributed by atoms with Gasteiger partial charge in [0.1, 0.15) is 0 Å². The number of halogens is 1. The molecule has 0 spiro atoms. The van der Waals surface area contributed by atoms with Gasteiger partial charge in [0.15, 0.2) is 0 Å². The van der Waals surface area contributed by atoms with Crippen LogP contribution in [-0.4, -0.2) is 5.75 Å². The molecule has 4 rings (SSSR count). The molecule has 2 atom stereocenters. The first-order chi connectivity index (χ1) is 10.3. The average molecular weight is 336 g/mol. The predicted molar refractivity (Wildman–Crippen MR) is 92.7 cm³/mol. The molecule has 110 valence electrons. The van der Waals surface area contributed by atoms with Gasteiger partial charge in [-0.05, 0) is 72.2 Å². The first-order valence-electron chi connectivity index (χ1n) is 7.56. The summed E-state index contributed by atoms with van der Waals surface area (Å²) in [4.78, 5) is 2.97. The standard InChI is InChI=1S/C17H18ClNS2/c18-11-4-5-17-13(10-11)15(7-9-21-17)19-14-2-1-3-16-12(14)6-8-20-16/h4-6,8,10,14-15,19H,1-3,7,9H2. The van der Waals surface area contributed by atoms with Crippen LogP contribution in [0.1, 0.15) is 47.4 Å². The average Bonchev–Trinajstić information content (AvgIpc) is 2.97. The lowest BCUT2D eigenvalue weighted by molar-refractivity contribution is 0.392. The predicted octanol–water partition coefficient (Wildman–Crippen LogP) is 5.61. The number of aryl methyl sites for hydroxylation is 1. The highest BCUT2D eigenvalue weighted by atomic mass is 35.5. The second-order valence-electron chi connectivity index (χ2n) is 5.78. The highest BCUT2D eigenvalue weighted by Crippen LogP contribution is 2.41. The molecule has 2 aliphatic rings. The van der Waals surface area contributed by atoms with Crippen LogP contribution in [0.5, 0.6) is 0 Å². The highest BCUT2D eigenvalue weighted by Gasteiger charge is 2.27. The number of thiophene rings is 1. The zero-order chi connectivity index (χ0) is 14.2. The zero-order valence-electron chi connectivity index (χ0n) is 11.8. The molecule has 1 N–H and O–H groups in total. The van der Waals surface area contributed by atoms with Crippen LogP contribution in [0.15, 0.2) is 34.5 Å². The molecule has 21 heavy (non-hydrogen) atoms. The minimum absolute atomic E-state index is 0.441. The first kappa shape index (κ1) is 14.1. The van der Waals surface area contributed by atoms with Crippen molar-refractivity contribution in [1.82, 2.24) is 5.32 Å². The van der Waals surface area contributed by atoms with Gasteiger partial charge in [-0.2, -0.15) is 0 Å². The van der Waals surface area contributed by atoms with Gasteiger partial charge in [0.25, 0.3) is 0 Å². The second-order valence-corrected chi connectivity index (χ2v) is 8.36. The maximum Gasteiger partial charge on any atom is 0.0410 e. The summed E-state index contributed by atoms with van der Waals surface area (Å²) < 4.78 is 0. The van der Waals surface area contributed by atoms with Gasteiger partial charge >= 0.3 is 0 Å². The Balaban J connectivity index is 1.61. The van der Waals surface area contributed by atoms with E-state index in [-0.39, 0.29) is 0 Å². The molecule has 1 aromatic carbocycles. The lowest BCUT2D eigenvalue weighted by Gasteiger charge is -2.32. The number of benzene rings is 1. The van der Waals surface area contributed by atoms with E-state index < -0.39 is 0 Å². The van der Waals surface area contributed by atoms with Gasteiger partial charge in [-0.15, -0.1) is 23.1 Å². The SMILES string of the molecule is Clc1ccc2c(c1)C(NC1CCCc3sccc31)CCS2. The Hall–Kier alpha value is -0.480. The Kier molecular flexibility index (Phi) is 4.01. The molecule has 1 aliphatic heterocycles. The van der Waals surface area contributed by atoms with Crippen LogP contribution in [-0.2, 0) is 6.42 Å². The second kappa shape index (κ2) is 5.96. The summed E-state index contributed by atoms with van der Waals surface area (Å²) in [5, 5.41) is 7.01. The molecule has 1 nitrogen and oxygen atoms in total. The first-order valence-corrected chi connectivity index (χ1v) is 9.80. The van der Waals surface area contributed by atoms with E-state index in [4.69, 9.17) is 11.6 Å². The van der Waals surface area contributed by atoms with Crippen LogP contribution >= 0.6 is 34.7 Å². The number of rotatable bonds is 2. The fourth-order valence-electron chi connectivity index (χ4n) is 3.44. The largest absolute Gasteiger partial charge is 0.303 e. The van der Waals surface area contributed by atoms with Gasteiger partial charge in [-0.1, -0.05) is 11.6 Å². The Bertz CT molecular complexity index is 652. The summed E-state index contributed by atoms with van der Waals surface area (Å²) in [6.07, 6.45) is 5.00. The van der Waals surface area contributed by atoms with Crippen molar-refractivity contribution in [3.05, 3.63) is 50.7 Å². The normalized spacial score (nSPS) is 24.4. The van der Waals surface area contributed by atoms with E-state index in [2.05, 4.69) is 28.9 Å². The lowest BCUT2D eigenvalue weighted by Crippen LogP contribution is -2.30. The summed E-state index contributed by atoms with van der Waals surface area (Å²) in [6, 6.07) is 9.60. The summed E-state index contributed by atoms with van der Waals surface area (Å²) in [5.41, 5.74) is 2.93. The Labute approximate surface area is 139 Å². The number of thioether (sulfide) groups is 1.